The van der Waals surface area contributed by atoms with E-state index in [0.29, 0.717) is 18.5 Å². The summed E-state index contributed by atoms with van der Waals surface area (Å²) in [7, 11) is 5.42. The Hall–Kier alpha value is -8.29. The molecule has 0 saturated heterocycles. The van der Waals surface area contributed by atoms with E-state index in [1.54, 1.807) is 24.3 Å². The molecular weight excluding hydrogens is 1340 g/mol. The summed E-state index contributed by atoms with van der Waals surface area (Å²) >= 11 is 0. The van der Waals surface area contributed by atoms with Crippen LogP contribution in [-0.2, 0) is 49.0 Å². The predicted molar refractivity (Wildman–Crippen MR) is 301 cm³/mol. The molecule has 0 unspecified atom stereocenters. The number of unbranched alkanes of at least 4 members (excludes halogenated alkanes) is 1. The molecular formula is C56H69N13O16Th. The molecule has 30 heteroatoms. The normalized spacial score (nSPS) is 11.4. The van der Waals surface area contributed by atoms with Gasteiger partial charge in [0.1, 0.15) is 6.04 Å². The molecule has 1 aromatic carbocycles. The molecule has 0 aliphatic heterocycles. The second-order valence-electron chi connectivity index (χ2n) is 20.1. The minimum atomic E-state index is -1.11. The number of carbonyl (C=O) groups excluding carboxylic acids is 6. The SMILES string of the molecule is Cn1ccc(C(=O)NCCN(CCNC(=O)c2ccn(C)c(=O)c2[O-])CC(Cc2ccc(NC(=O)CCC(=O)NCCCC[C@H](N)C(=O)O)cc2)CN(CCNC(=O)c2ccn(C)c(=O)c2[O-])CCNC(=O)c2ccn(C)c(=O)c2[O-])c([O-])c1=O.[227Th+4]. The number of nitrogens with two attached hydrogens (primary N) is 1. The molecule has 0 aliphatic rings. The Labute approximate surface area is 524 Å². The van der Waals surface area contributed by atoms with Crippen LogP contribution < -0.4 is 80.3 Å². The number of aryl methyl sites for hydroxylation is 4. The van der Waals surface area contributed by atoms with Crippen LogP contribution in [0.2, 0.25) is 0 Å². The summed E-state index contributed by atoms with van der Waals surface area (Å²) in [4.78, 5) is 143. The maximum absolute atomic E-state index is 13.3. The molecule has 6 amide bonds. The van der Waals surface area contributed by atoms with Crippen molar-refractivity contribution in [2.24, 2.45) is 39.8 Å². The van der Waals surface area contributed by atoms with E-state index in [2.05, 4.69) is 31.9 Å². The molecule has 1 atom stereocenters. The van der Waals surface area contributed by atoms with Crippen LogP contribution in [-0.4, -0.2) is 153 Å². The second-order valence-corrected chi connectivity index (χ2v) is 20.1. The maximum atomic E-state index is 13.3. The number of nitrogens with zero attached hydrogens (tertiary/aromatic N) is 6. The zero-order chi connectivity index (χ0) is 62.5. The molecule has 29 nitrogen and oxygen atoms in total. The number of benzene rings is 1. The molecule has 9 N–H and O–H groups in total. The number of hydrogen-bond acceptors (Lipinski definition) is 18. The number of hydrogen-bond donors (Lipinski definition) is 8. The molecule has 5 aromatic rings. The summed E-state index contributed by atoms with van der Waals surface area (Å²) in [6.45, 7) is 0.338. The second kappa shape index (κ2) is 34.0. The van der Waals surface area contributed by atoms with E-state index in [4.69, 9.17) is 10.8 Å². The Kier molecular flexibility index (Phi) is 27.8. The zero-order valence-corrected chi connectivity index (χ0v) is 52.0. The number of aliphatic carboxylic acids is 1. The van der Waals surface area contributed by atoms with Gasteiger partial charge in [-0.1, -0.05) is 12.1 Å². The van der Waals surface area contributed by atoms with Gasteiger partial charge in [0.15, 0.2) is 0 Å². The van der Waals surface area contributed by atoms with Crippen molar-refractivity contribution in [2.75, 3.05) is 77.3 Å². The van der Waals surface area contributed by atoms with E-state index < -0.39 is 115 Å². The van der Waals surface area contributed by atoms with Gasteiger partial charge in [-0.25, -0.2) is 0 Å². The molecule has 5 rings (SSSR count). The molecule has 0 saturated carbocycles. The first kappa shape index (κ1) is 70.2. The number of anilines is 1. The van der Waals surface area contributed by atoms with Crippen molar-refractivity contribution in [3.05, 3.63) is 143 Å². The molecule has 0 fully saturated rings. The third-order valence-electron chi connectivity index (χ3n) is 13.7. The molecule has 0 aliphatic carbocycles. The number of pyridine rings is 4. The summed E-state index contributed by atoms with van der Waals surface area (Å²) in [6, 6.07) is 10.6. The Morgan fingerprint density at radius 3 is 1.17 bits per heavy atom. The van der Waals surface area contributed by atoms with Crippen LogP contribution in [0.5, 0.6) is 23.0 Å². The van der Waals surface area contributed by atoms with Crippen LogP contribution in [0.15, 0.2) is 92.5 Å². The van der Waals surface area contributed by atoms with Crippen molar-refractivity contribution < 1.29 is 99.0 Å². The molecule has 0 bridgehead atoms. The fourth-order valence-corrected chi connectivity index (χ4v) is 8.77. The first-order chi connectivity index (χ1) is 40.4. The Morgan fingerprint density at radius 1 is 0.500 bits per heavy atom. The minimum Gasteiger partial charge on any atom is -0.868 e. The number of rotatable bonds is 32. The van der Waals surface area contributed by atoms with Gasteiger partial charge in [0, 0.05) is 166 Å². The van der Waals surface area contributed by atoms with E-state index in [9.17, 15) is 73.2 Å². The van der Waals surface area contributed by atoms with E-state index >= 15 is 0 Å². The first-order valence-electron chi connectivity index (χ1n) is 27.0. The van der Waals surface area contributed by atoms with Gasteiger partial charge in [-0.05, 0) is 96.6 Å². The van der Waals surface area contributed by atoms with Gasteiger partial charge in [0.25, 0.3) is 23.6 Å². The topological polar surface area (TPSA) is 425 Å². The van der Waals surface area contributed by atoms with Gasteiger partial charge < -0.3 is 81.4 Å². The van der Waals surface area contributed by atoms with Crippen LogP contribution in [0.4, 0.5) is 5.69 Å². The number of nitrogens with one attached hydrogen (secondary N) is 6. The number of aromatic nitrogens is 4. The van der Waals surface area contributed by atoms with Gasteiger partial charge in [0.2, 0.25) is 34.1 Å². The molecule has 458 valence electrons. The average Bonchev–Trinajstić information content (AvgIpc) is 2.46. The summed E-state index contributed by atoms with van der Waals surface area (Å²) in [5.74, 6) is -9.84. The van der Waals surface area contributed by atoms with Crippen LogP contribution in [0.3, 0.4) is 0 Å². The average molecular weight is 1410 g/mol. The molecule has 0 radical (unpaired) electrons. The van der Waals surface area contributed by atoms with Crippen LogP contribution in [0, 0.1) is 45.9 Å². The first-order valence-corrected chi connectivity index (χ1v) is 27.0. The molecule has 0 spiro atoms. The standard InChI is InChI=1S/C56H73N13O16.Th/c1-64-23-14-37(44(72)52(64)80)48(76)59-19-27-68(28-20-60-49(77)38-15-24-65(2)53(81)45(38)73)32-35(31-34-8-10-36(11-9-34)63-43(71)13-12-42(70)58-18-6-5-7-41(57)56(84)85)33-69(29-21-61-50(78)39-16-25-66(3)54(82)46(39)74)30-22-62-51(79)40-17-26-67(4)55(83)47(40)75;/h8-11,14-17,23-26,35,41,72-75H,5-7,12-13,18-22,27-33,57H2,1-4H3,(H,58,70)(H,59,76)(H,60,77)(H,61,78)(H,62,79)(H,63,71)(H,84,85);/q;+4/p-4/t41-;/m0./s1/i;1-5. The summed E-state index contributed by atoms with van der Waals surface area (Å²) in [5, 5.41) is 76.0. The third-order valence-corrected chi connectivity index (χ3v) is 13.7. The number of carboxylic acids is 1. The summed E-state index contributed by atoms with van der Waals surface area (Å²) in [6.07, 6.45) is 6.28. The minimum absolute atomic E-state index is 0. The fourth-order valence-electron chi connectivity index (χ4n) is 8.77. The zero-order valence-electron chi connectivity index (χ0n) is 47.9. The number of carboxylic acid groups (broad SMARTS) is 1. The van der Waals surface area contributed by atoms with Crippen molar-refractivity contribution >= 4 is 47.1 Å². The maximum Gasteiger partial charge on any atom is 4.00 e. The van der Waals surface area contributed by atoms with Crippen molar-refractivity contribution in [1.82, 2.24) is 54.7 Å². The van der Waals surface area contributed by atoms with Gasteiger partial charge in [-0.2, -0.15) is 0 Å². The van der Waals surface area contributed by atoms with Crippen LogP contribution >= 0.6 is 0 Å². The van der Waals surface area contributed by atoms with Gasteiger partial charge in [0.05, 0.1) is 0 Å². The molecule has 86 heavy (non-hydrogen) atoms. The van der Waals surface area contributed by atoms with Crippen molar-refractivity contribution in [3.63, 3.8) is 0 Å². The van der Waals surface area contributed by atoms with Crippen LogP contribution in [0.1, 0.15) is 79.1 Å². The van der Waals surface area contributed by atoms with Gasteiger partial charge >= 0.3 is 45.9 Å². The van der Waals surface area contributed by atoms with Crippen molar-refractivity contribution in [1.29, 1.82) is 0 Å². The third kappa shape index (κ3) is 20.8. The monoisotopic (exact) mass is 1410 g/mol. The molecule has 4 heterocycles. The van der Waals surface area contributed by atoms with Crippen molar-refractivity contribution in [2.45, 2.75) is 44.6 Å². The predicted octanol–water partition coefficient (Wildman–Crippen LogP) is -4.32. The summed E-state index contributed by atoms with van der Waals surface area (Å²) < 4.78 is 4.10. The Morgan fingerprint density at radius 2 is 0.837 bits per heavy atom. The van der Waals surface area contributed by atoms with Gasteiger partial charge in [-0.15, -0.1) is 0 Å². The van der Waals surface area contributed by atoms with E-state index in [0.717, 1.165) is 23.8 Å². The van der Waals surface area contributed by atoms with Crippen LogP contribution in [0.25, 0.3) is 0 Å². The largest absolute Gasteiger partial charge is 4.00 e. The van der Waals surface area contributed by atoms with Gasteiger partial charge in [-0.3, -0.25) is 62.5 Å². The quantitative estimate of drug-likeness (QED) is 0.0189. The van der Waals surface area contributed by atoms with Crippen molar-refractivity contribution in [3.8, 4) is 23.0 Å². The number of amides is 6. The van der Waals surface area contributed by atoms with E-state index in [1.807, 2.05) is 9.80 Å². The Bertz CT molecular complexity index is 3130. The Balaban J connectivity index is 0.0000158. The van der Waals surface area contributed by atoms with E-state index in [-0.39, 0.29) is 144 Å². The molecule has 4 aromatic heterocycles. The number of carbonyl (C=O) groups is 7. The van der Waals surface area contributed by atoms with E-state index in [1.165, 1.54) is 77.2 Å². The fraction of sp³-hybridized carbons (Fsp3) is 0.411. The summed E-state index contributed by atoms with van der Waals surface area (Å²) in [5.41, 5.74) is 1.38. The smallest absolute Gasteiger partial charge is 0.868 e.